The van der Waals surface area contributed by atoms with Gasteiger partial charge in [-0.05, 0) is 30.7 Å². The van der Waals surface area contributed by atoms with Gasteiger partial charge in [-0.25, -0.2) is 4.39 Å². The van der Waals surface area contributed by atoms with E-state index in [0.29, 0.717) is 31.7 Å². The van der Waals surface area contributed by atoms with Gasteiger partial charge < -0.3 is 9.80 Å². The molecule has 1 aliphatic rings. The van der Waals surface area contributed by atoms with Crippen molar-refractivity contribution < 1.29 is 14.0 Å². The Labute approximate surface area is 150 Å². The molecular weight excluding hydrogens is 343 g/mol. The number of benzene rings is 2. The highest BCUT2D eigenvalue weighted by Crippen LogP contribution is 2.22. The lowest BCUT2D eigenvalue weighted by Crippen LogP contribution is -2.50. The van der Waals surface area contributed by atoms with Crippen molar-refractivity contribution in [2.45, 2.75) is 6.92 Å². The molecule has 6 heteroatoms. The highest BCUT2D eigenvalue weighted by Gasteiger charge is 2.28. The predicted octanol–water partition coefficient (Wildman–Crippen LogP) is 3.39. The summed E-state index contributed by atoms with van der Waals surface area (Å²) in [5.74, 6) is -1.11. The zero-order valence-corrected chi connectivity index (χ0v) is 14.6. The summed E-state index contributed by atoms with van der Waals surface area (Å²) >= 11 is 5.97. The number of nitrogens with zero attached hydrogens (tertiary/aromatic N) is 2. The van der Waals surface area contributed by atoms with Crippen LogP contribution < -0.4 is 0 Å². The van der Waals surface area contributed by atoms with Crippen molar-refractivity contribution in [3.8, 4) is 0 Å². The number of carbonyl (C=O) groups is 2. The molecule has 0 bridgehead atoms. The Morgan fingerprint density at radius 2 is 1.52 bits per heavy atom. The summed E-state index contributed by atoms with van der Waals surface area (Å²) in [6, 6.07) is 11.6. The second-order valence-corrected chi connectivity index (χ2v) is 6.40. The average molecular weight is 361 g/mol. The van der Waals surface area contributed by atoms with Crippen molar-refractivity contribution in [3.05, 3.63) is 70.0 Å². The Hall–Kier alpha value is -2.40. The zero-order valence-electron chi connectivity index (χ0n) is 13.8. The van der Waals surface area contributed by atoms with Crippen LogP contribution in [0, 0.1) is 12.7 Å². The second kappa shape index (κ2) is 7.23. The highest BCUT2D eigenvalue weighted by atomic mass is 35.5. The Bertz CT molecular complexity index is 797. The maximum atomic E-state index is 13.9. The van der Waals surface area contributed by atoms with Crippen LogP contribution in [0.3, 0.4) is 0 Å². The fourth-order valence-corrected chi connectivity index (χ4v) is 3.20. The van der Waals surface area contributed by atoms with Gasteiger partial charge in [0, 0.05) is 31.7 Å². The molecule has 2 aromatic rings. The summed E-state index contributed by atoms with van der Waals surface area (Å²) in [7, 11) is 0. The van der Waals surface area contributed by atoms with Crippen LogP contribution >= 0.6 is 11.6 Å². The van der Waals surface area contributed by atoms with Gasteiger partial charge >= 0.3 is 0 Å². The molecule has 1 fully saturated rings. The van der Waals surface area contributed by atoms with Crippen molar-refractivity contribution in [2.75, 3.05) is 26.2 Å². The van der Waals surface area contributed by atoms with Crippen LogP contribution in [0.25, 0.3) is 0 Å². The Kier molecular flexibility index (Phi) is 5.04. The first-order valence-corrected chi connectivity index (χ1v) is 8.45. The van der Waals surface area contributed by atoms with E-state index in [1.54, 1.807) is 11.0 Å². The van der Waals surface area contributed by atoms with Gasteiger partial charge in [-0.15, -0.1) is 0 Å². The molecule has 2 aromatic carbocycles. The van der Waals surface area contributed by atoms with Crippen LogP contribution in [0.5, 0.6) is 0 Å². The number of hydrogen-bond acceptors (Lipinski definition) is 2. The van der Waals surface area contributed by atoms with Gasteiger partial charge in [-0.3, -0.25) is 9.59 Å². The van der Waals surface area contributed by atoms with E-state index >= 15 is 0 Å². The quantitative estimate of drug-likeness (QED) is 0.823. The molecule has 0 unspecified atom stereocenters. The van der Waals surface area contributed by atoms with Crippen LogP contribution in [0.2, 0.25) is 5.02 Å². The average Bonchev–Trinajstić information content (AvgIpc) is 2.61. The minimum absolute atomic E-state index is 0.0471. The molecule has 25 heavy (non-hydrogen) atoms. The third-order valence-corrected chi connectivity index (χ3v) is 4.72. The van der Waals surface area contributed by atoms with E-state index in [0.717, 1.165) is 5.56 Å². The van der Waals surface area contributed by atoms with Crippen molar-refractivity contribution >= 4 is 23.4 Å². The minimum atomic E-state index is -0.629. The van der Waals surface area contributed by atoms with Gasteiger partial charge in [0.1, 0.15) is 5.82 Å². The monoisotopic (exact) mass is 360 g/mol. The predicted molar refractivity (Wildman–Crippen MR) is 94.4 cm³/mol. The van der Waals surface area contributed by atoms with Gasteiger partial charge in [0.2, 0.25) is 0 Å². The van der Waals surface area contributed by atoms with Gasteiger partial charge in [-0.1, -0.05) is 35.9 Å². The topological polar surface area (TPSA) is 40.6 Å². The van der Waals surface area contributed by atoms with E-state index in [1.807, 2.05) is 25.1 Å². The maximum absolute atomic E-state index is 13.9. The molecule has 0 N–H and O–H groups in total. The van der Waals surface area contributed by atoms with Gasteiger partial charge in [-0.2, -0.15) is 0 Å². The van der Waals surface area contributed by atoms with E-state index in [9.17, 15) is 14.0 Å². The fourth-order valence-electron chi connectivity index (χ4n) is 2.96. The lowest BCUT2D eigenvalue weighted by atomic mass is 10.1. The summed E-state index contributed by atoms with van der Waals surface area (Å²) in [5, 5.41) is 0.100. The van der Waals surface area contributed by atoms with Gasteiger partial charge in [0.15, 0.2) is 0 Å². The van der Waals surface area contributed by atoms with E-state index in [1.165, 1.54) is 23.1 Å². The van der Waals surface area contributed by atoms with Crippen molar-refractivity contribution in [1.29, 1.82) is 0 Å². The minimum Gasteiger partial charge on any atom is -0.335 e. The smallest absolute Gasteiger partial charge is 0.258 e. The van der Waals surface area contributed by atoms with Crippen molar-refractivity contribution in [3.63, 3.8) is 0 Å². The molecular formula is C19H18ClFN2O2. The molecule has 0 spiro atoms. The summed E-state index contributed by atoms with van der Waals surface area (Å²) < 4.78 is 13.9. The van der Waals surface area contributed by atoms with E-state index in [-0.39, 0.29) is 16.5 Å². The first kappa shape index (κ1) is 17.4. The number of hydrogen-bond donors (Lipinski definition) is 0. The second-order valence-electron chi connectivity index (χ2n) is 6.00. The molecule has 0 aromatic heterocycles. The van der Waals surface area contributed by atoms with E-state index < -0.39 is 11.7 Å². The van der Waals surface area contributed by atoms with Crippen LogP contribution in [0.15, 0.2) is 42.5 Å². The normalized spacial score (nSPS) is 14.5. The largest absolute Gasteiger partial charge is 0.335 e. The molecule has 1 aliphatic heterocycles. The summed E-state index contributed by atoms with van der Waals surface area (Å²) in [5.41, 5.74) is 1.48. The maximum Gasteiger partial charge on any atom is 0.258 e. The number of aryl methyl sites for hydroxylation is 1. The summed E-state index contributed by atoms with van der Waals surface area (Å²) in [4.78, 5) is 28.4. The third kappa shape index (κ3) is 3.51. The van der Waals surface area contributed by atoms with Gasteiger partial charge in [0.05, 0.1) is 10.6 Å². The fraction of sp³-hybridized carbons (Fsp3) is 0.263. The molecule has 0 saturated carbocycles. The summed E-state index contributed by atoms with van der Waals surface area (Å²) in [6.45, 7) is 3.41. The van der Waals surface area contributed by atoms with Crippen molar-refractivity contribution in [1.82, 2.24) is 9.80 Å². The van der Waals surface area contributed by atoms with Crippen LogP contribution in [-0.4, -0.2) is 47.8 Å². The molecule has 4 nitrogen and oxygen atoms in total. The highest BCUT2D eigenvalue weighted by molar-refractivity contribution is 6.33. The van der Waals surface area contributed by atoms with Crippen LogP contribution in [0.1, 0.15) is 26.3 Å². The Morgan fingerprint density at radius 3 is 2.12 bits per heavy atom. The summed E-state index contributed by atoms with van der Waals surface area (Å²) in [6.07, 6.45) is 0. The molecule has 3 rings (SSSR count). The number of halogens is 2. The standard InChI is InChI=1S/C19H18ClFN2O2/c1-13-5-2-3-6-14(13)18(24)22-9-11-23(12-10-22)19(25)17-15(20)7-4-8-16(17)21/h2-8H,9-12H2,1H3. The molecule has 0 radical (unpaired) electrons. The Morgan fingerprint density at radius 1 is 0.920 bits per heavy atom. The number of piperazine rings is 1. The number of amides is 2. The van der Waals surface area contributed by atoms with E-state index in [2.05, 4.69) is 0 Å². The zero-order chi connectivity index (χ0) is 18.0. The number of rotatable bonds is 2. The molecule has 1 saturated heterocycles. The third-order valence-electron chi connectivity index (χ3n) is 4.41. The number of carbonyl (C=O) groups excluding carboxylic acids is 2. The van der Waals surface area contributed by atoms with E-state index in [4.69, 9.17) is 11.6 Å². The lowest BCUT2D eigenvalue weighted by molar-refractivity contribution is 0.0532. The first-order chi connectivity index (χ1) is 12.0. The lowest BCUT2D eigenvalue weighted by Gasteiger charge is -2.35. The van der Waals surface area contributed by atoms with Crippen LogP contribution in [0.4, 0.5) is 4.39 Å². The molecule has 2 amide bonds. The van der Waals surface area contributed by atoms with Gasteiger partial charge in [0.25, 0.3) is 11.8 Å². The molecule has 1 heterocycles. The molecule has 0 atom stereocenters. The van der Waals surface area contributed by atoms with Crippen LogP contribution in [-0.2, 0) is 0 Å². The molecule has 130 valence electrons. The first-order valence-electron chi connectivity index (χ1n) is 8.07. The molecule has 0 aliphatic carbocycles. The van der Waals surface area contributed by atoms with Crippen molar-refractivity contribution in [2.24, 2.45) is 0 Å². The SMILES string of the molecule is Cc1ccccc1C(=O)N1CCN(C(=O)c2c(F)cccc2Cl)CC1. The Balaban J connectivity index is 1.69.